The number of fused-ring (bicyclic) bond motifs is 1. The third-order valence-electron chi connectivity index (χ3n) is 6.43. The molecule has 2 aromatic rings. The van der Waals surface area contributed by atoms with Crippen molar-refractivity contribution in [3.8, 4) is 11.5 Å². The summed E-state index contributed by atoms with van der Waals surface area (Å²) in [5.74, 6) is 1.60. The zero-order valence-electron chi connectivity index (χ0n) is 18.0. The molecule has 1 atom stereocenters. The van der Waals surface area contributed by atoms with Gasteiger partial charge in [0.2, 0.25) is 5.91 Å². The first-order valence-electron chi connectivity index (χ1n) is 11.0. The van der Waals surface area contributed by atoms with E-state index in [0.717, 1.165) is 42.9 Å². The molecule has 1 amide bonds. The first-order valence-corrected chi connectivity index (χ1v) is 11.0. The molecular weight excluding hydrogens is 376 g/mol. The van der Waals surface area contributed by atoms with Crippen molar-refractivity contribution < 1.29 is 14.3 Å². The first kappa shape index (κ1) is 20.7. The molecule has 0 radical (unpaired) electrons. The third-order valence-corrected chi connectivity index (χ3v) is 6.43. The van der Waals surface area contributed by atoms with E-state index in [-0.39, 0.29) is 11.9 Å². The standard InChI is InChI=1S/C25H32N2O3/c1-29-23-13-12-18(14-24(23)30-2)16-27-17-20-9-7-6-8-19(20)15-22(27)25(28)26-21-10-4-3-5-11-21/h6-9,12-14,21-22H,3-5,10-11,15-17H2,1-2H3,(H,26,28). The predicted octanol–water partition coefficient (Wildman–Crippen LogP) is 4.08. The average Bonchev–Trinajstić information content (AvgIpc) is 2.79. The van der Waals surface area contributed by atoms with Gasteiger partial charge in [0.25, 0.3) is 0 Å². The van der Waals surface area contributed by atoms with Crippen LogP contribution in [0, 0.1) is 0 Å². The van der Waals surface area contributed by atoms with Gasteiger partial charge in [0, 0.05) is 19.1 Å². The van der Waals surface area contributed by atoms with Gasteiger partial charge in [-0.3, -0.25) is 9.69 Å². The quantitative estimate of drug-likeness (QED) is 0.783. The zero-order valence-corrected chi connectivity index (χ0v) is 18.0. The summed E-state index contributed by atoms with van der Waals surface area (Å²) in [5.41, 5.74) is 3.70. The second-order valence-corrected chi connectivity index (χ2v) is 8.43. The van der Waals surface area contributed by atoms with E-state index in [2.05, 4.69) is 40.5 Å². The summed E-state index contributed by atoms with van der Waals surface area (Å²) in [5, 5.41) is 3.35. The van der Waals surface area contributed by atoms with E-state index in [1.807, 2.05) is 12.1 Å². The molecule has 5 nitrogen and oxygen atoms in total. The number of hydrogen-bond donors (Lipinski definition) is 1. The number of benzene rings is 2. The van der Waals surface area contributed by atoms with E-state index < -0.39 is 0 Å². The van der Waals surface area contributed by atoms with E-state index in [9.17, 15) is 4.79 Å². The fraction of sp³-hybridized carbons (Fsp3) is 0.480. The topological polar surface area (TPSA) is 50.8 Å². The van der Waals surface area contributed by atoms with Crippen LogP contribution in [0.4, 0.5) is 0 Å². The minimum absolute atomic E-state index is 0.157. The molecule has 2 aromatic carbocycles. The van der Waals surface area contributed by atoms with Crippen LogP contribution in [0.1, 0.15) is 48.8 Å². The molecule has 0 saturated heterocycles. The second kappa shape index (κ2) is 9.52. The highest BCUT2D eigenvalue weighted by molar-refractivity contribution is 5.82. The van der Waals surface area contributed by atoms with Crippen LogP contribution >= 0.6 is 0 Å². The van der Waals surface area contributed by atoms with Crippen molar-refractivity contribution in [3.63, 3.8) is 0 Å². The molecule has 1 aliphatic carbocycles. The molecule has 2 aliphatic rings. The molecule has 0 spiro atoms. The Morgan fingerprint density at radius 3 is 2.47 bits per heavy atom. The van der Waals surface area contributed by atoms with Gasteiger partial charge in [-0.15, -0.1) is 0 Å². The van der Waals surface area contributed by atoms with Gasteiger partial charge in [-0.25, -0.2) is 0 Å². The van der Waals surface area contributed by atoms with Gasteiger partial charge in [-0.05, 0) is 48.1 Å². The SMILES string of the molecule is COc1ccc(CN2Cc3ccccc3CC2C(=O)NC2CCCCC2)cc1OC. The van der Waals surface area contributed by atoms with E-state index >= 15 is 0 Å². The van der Waals surface area contributed by atoms with Gasteiger partial charge in [0.1, 0.15) is 0 Å². The molecule has 0 bridgehead atoms. The van der Waals surface area contributed by atoms with Crippen molar-refractivity contribution in [1.82, 2.24) is 10.2 Å². The van der Waals surface area contributed by atoms with Gasteiger partial charge < -0.3 is 14.8 Å². The summed E-state index contributed by atoms with van der Waals surface area (Å²) in [6, 6.07) is 14.6. The first-order chi connectivity index (χ1) is 14.7. The number of nitrogens with one attached hydrogen (secondary N) is 1. The van der Waals surface area contributed by atoms with Crippen LogP contribution in [0.25, 0.3) is 0 Å². The highest BCUT2D eigenvalue weighted by Crippen LogP contribution is 2.30. The number of ether oxygens (including phenoxy) is 2. The van der Waals surface area contributed by atoms with Crippen LogP contribution in [-0.2, 0) is 24.3 Å². The maximum Gasteiger partial charge on any atom is 0.237 e. The Balaban J connectivity index is 1.55. The molecule has 5 heteroatoms. The lowest BCUT2D eigenvalue weighted by Gasteiger charge is -2.37. The minimum Gasteiger partial charge on any atom is -0.493 e. The van der Waals surface area contributed by atoms with Gasteiger partial charge in [-0.1, -0.05) is 49.6 Å². The molecule has 0 aromatic heterocycles. The number of methoxy groups -OCH3 is 2. The van der Waals surface area contributed by atoms with Crippen LogP contribution in [-0.4, -0.2) is 37.1 Å². The van der Waals surface area contributed by atoms with Gasteiger partial charge >= 0.3 is 0 Å². The number of nitrogens with zero attached hydrogens (tertiary/aromatic N) is 1. The van der Waals surface area contributed by atoms with Crippen molar-refractivity contribution in [1.29, 1.82) is 0 Å². The van der Waals surface area contributed by atoms with Crippen molar-refractivity contribution in [2.75, 3.05) is 14.2 Å². The van der Waals surface area contributed by atoms with E-state index in [1.54, 1.807) is 14.2 Å². The van der Waals surface area contributed by atoms with Crippen LogP contribution in [0.5, 0.6) is 11.5 Å². The Bertz CT molecular complexity index is 876. The Labute approximate surface area is 179 Å². The van der Waals surface area contributed by atoms with Crippen molar-refractivity contribution >= 4 is 5.91 Å². The second-order valence-electron chi connectivity index (χ2n) is 8.43. The predicted molar refractivity (Wildman–Crippen MR) is 118 cm³/mol. The number of carbonyl (C=O) groups is 1. The van der Waals surface area contributed by atoms with E-state index in [0.29, 0.717) is 12.6 Å². The molecule has 1 aliphatic heterocycles. The molecule has 1 unspecified atom stereocenters. The summed E-state index contributed by atoms with van der Waals surface area (Å²) in [4.78, 5) is 15.6. The van der Waals surface area contributed by atoms with Crippen LogP contribution in [0.2, 0.25) is 0 Å². The summed E-state index contributed by atoms with van der Waals surface area (Å²) >= 11 is 0. The van der Waals surface area contributed by atoms with Gasteiger partial charge in [-0.2, -0.15) is 0 Å². The number of hydrogen-bond acceptors (Lipinski definition) is 4. The van der Waals surface area contributed by atoms with Crippen molar-refractivity contribution in [2.45, 2.75) is 63.7 Å². The van der Waals surface area contributed by atoms with Crippen LogP contribution < -0.4 is 14.8 Å². The number of rotatable bonds is 6. The lowest BCUT2D eigenvalue weighted by atomic mass is 9.91. The molecule has 1 N–H and O–H groups in total. The Morgan fingerprint density at radius 2 is 1.73 bits per heavy atom. The highest BCUT2D eigenvalue weighted by atomic mass is 16.5. The summed E-state index contributed by atoms with van der Waals surface area (Å²) in [7, 11) is 3.30. The molecule has 30 heavy (non-hydrogen) atoms. The number of carbonyl (C=O) groups excluding carboxylic acids is 1. The average molecular weight is 409 g/mol. The van der Waals surface area contributed by atoms with Crippen LogP contribution in [0.15, 0.2) is 42.5 Å². The summed E-state index contributed by atoms with van der Waals surface area (Å²) in [6.07, 6.45) is 6.67. The molecule has 4 rings (SSSR count). The van der Waals surface area contributed by atoms with E-state index in [1.165, 1.54) is 30.4 Å². The Kier molecular flexibility index (Phi) is 6.58. The monoisotopic (exact) mass is 408 g/mol. The van der Waals surface area contributed by atoms with Crippen molar-refractivity contribution in [3.05, 3.63) is 59.2 Å². The largest absolute Gasteiger partial charge is 0.493 e. The zero-order chi connectivity index (χ0) is 20.9. The Morgan fingerprint density at radius 1 is 1.00 bits per heavy atom. The van der Waals surface area contributed by atoms with E-state index in [4.69, 9.17) is 9.47 Å². The maximum absolute atomic E-state index is 13.3. The third kappa shape index (κ3) is 4.62. The van der Waals surface area contributed by atoms with Crippen molar-refractivity contribution in [2.24, 2.45) is 0 Å². The Hall–Kier alpha value is -2.53. The maximum atomic E-state index is 13.3. The normalized spacial score (nSPS) is 19.7. The fourth-order valence-electron chi connectivity index (χ4n) is 4.76. The highest BCUT2D eigenvalue weighted by Gasteiger charge is 2.32. The number of amides is 1. The van der Waals surface area contributed by atoms with Crippen LogP contribution in [0.3, 0.4) is 0 Å². The smallest absolute Gasteiger partial charge is 0.237 e. The molecule has 1 fully saturated rings. The summed E-state index contributed by atoms with van der Waals surface area (Å²) in [6.45, 7) is 1.46. The molecule has 1 saturated carbocycles. The van der Waals surface area contributed by atoms with Gasteiger partial charge in [0.15, 0.2) is 11.5 Å². The fourth-order valence-corrected chi connectivity index (χ4v) is 4.76. The lowest BCUT2D eigenvalue weighted by Crippen LogP contribution is -2.52. The minimum atomic E-state index is -0.157. The molecule has 1 heterocycles. The summed E-state index contributed by atoms with van der Waals surface area (Å²) < 4.78 is 10.8. The van der Waals surface area contributed by atoms with Gasteiger partial charge in [0.05, 0.1) is 20.3 Å². The molecule has 160 valence electrons. The molecular formula is C25H32N2O3. The lowest BCUT2D eigenvalue weighted by molar-refractivity contribution is -0.128.